The lowest BCUT2D eigenvalue weighted by molar-refractivity contribution is 0.146. The molecule has 17 heavy (non-hydrogen) atoms. The first-order valence-electron chi connectivity index (χ1n) is 5.28. The van der Waals surface area contributed by atoms with Crippen LogP contribution in [0, 0.1) is 6.92 Å². The second-order valence-corrected chi connectivity index (χ2v) is 3.91. The summed E-state index contributed by atoms with van der Waals surface area (Å²) in [6.07, 6.45) is 2.62. The van der Waals surface area contributed by atoms with Crippen molar-refractivity contribution >= 4 is 0 Å². The average molecular weight is 234 g/mol. The van der Waals surface area contributed by atoms with E-state index < -0.39 is 12.1 Å². The lowest BCUT2D eigenvalue weighted by atomic mass is 10.1. The molecule has 2 atom stereocenters. The van der Waals surface area contributed by atoms with Crippen molar-refractivity contribution in [3.8, 4) is 11.4 Å². The van der Waals surface area contributed by atoms with Crippen molar-refractivity contribution in [1.29, 1.82) is 0 Å². The number of aryl methyl sites for hydroxylation is 1. The van der Waals surface area contributed by atoms with Gasteiger partial charge in [0.15, 0.2) is 0 Å². The van der Waals surface area contributed by atoms with E-state index in [2.05, 4.69) is 15.1 Å². The van der Waals surface area contributed by atoms with Crippen LogP contribution >= 0.6 is 0 Å². The van der Waals surface area contributed by atoms with Gasteiger partial charge in [0.05, 0.1) is 6.10 Å². The number of nitrogens with two attached hydrogens (primary N) is 1. The molecule has 0 amide bonds. The normalized spacial score (nSPS) is 14.6. The van der Waals surface area contributed by atoms with Crippen molar-refractivity contribution < 1.29 is 9.63 Å². The molecule has 2 aromatic heterocycles. The molecule has 0 unspecified atom stereocenters. The number of hydrogen-bond donors (Lipinski definition) is 2. The number of rotatable bonds is 3. The van der Waals surface area contributed by atoms with Crippen LogP contribution in [0.2, 0.25) is 0 Å². The molecule has 90 valence electrons. The van der Waals surface area contributed by atoms with Crippen LogP contribution in [0.4, 0.5) is 0 Å². The van der Waals surface area contributed by atoms with Crippen LogP contribution in [0.3, 0.4) is 0 Å². The lowest BCUT2D eigenvalue weighted by Gasteiger charge is -2.08. The topological polar surface area (TPSA) is 98.1 Å². The number of hydrogen-bond acceptors (Lipinski definition) is 6. The zero-order chi connectivity index (χ0) is 12.4. The monoisotopic (exact) mass is 234 g/mol. The van der Waals surface area contributed by atoms with Gasteiger partial charge in [-0.2, -0.15) is 4.98 Å². The van der Waals surface area contributed by atoms with E-state index in [1.54, 1.807) is 19.3 Å². The summed E-state index contributed by atoms with van der Waals surface area (Å²) in [7, 11) is 0. The maximum Gasteiger partial charge on any atom is 0.246 e. The first-order chi connectivity index (χ1) is 8.09. The van der Waals surface area contributed by atoms with Gasteiger partial charge in [0.1, 0.15) is 6.04 Å². The molecule has 0 spiro atoms. The first kappa shape index (κ1) is 11.7. The van der Waals surface area contributed by atoms with Crippen LogP contribution in [0.5, 0.6) is 0 Å². The van der Waals surface area contributed by atoms with Crippen molar-refractivity contribution in [1.82, 2.24) is 15.1 Å². The van der Waals surface area contributed by atoms with Crippen LogP contribution < -0.4 is 5.73 Å². The molecule has 0 saturated heterocycles. The highest BCUT2D eigenvalue weighted by atomic mass is 16.5. The Bertz CT molecular complexity index is 510. The maximum atomic E-state index is 9.34. The van der Waals surface area contributed by atoms with Crippen molar-refractivity contribution in [2.75, 3.05) is 0 Å². The molecular formula is C11H14N4O2. The summed E-state index contributed by atoms with van der Waals surface area (Å²) in [6.45, 7) is 3.51. The quantitative estimate of drug-likeness (QED) is 0.815. The second-order valence-electron chi connectivity index (χ2n) is 3.91. The highest BCUT2D eigenvalue weighted by molar-refractivity contribution is 5.57. The van der Waals surface area contributed by atoms with Gasteiger partial charge in [-0.3, -0.25) is 4.98 Å². The molecule has 0 radical (unpaired) electrons. The number of aromatic nitrogens is 3. The fourth-order valence-electron chi connectivity index (χ4n) is 1.38. The summed E-state index contributed by atoms with van der Waals surface area (Å²) >= 11 is 0. The van der Waals surface area contributed by atoms with Gasteiger partial charge in [-0.05, 0) is 25.5 Å². The Labute approximate surface area is 98.5 Å². The van der Waals surface area contributed by atoms with Gasteiger partial charge in [-0.1, -0.05) is 5.16 Å². The molecule has 0 saturated carbocycles. The van der Waals surface area contributed by atoms with Crippen LogP contribution in [0.15, 0.2) is 23.0 Å². The highest BCUT2D eigenvalue weighted by Crippen LogP contribution is 2.21. The molecule has 0 aliphatic carbocycles. The van der Waals surface area contributed by atoms with Gasteiger partial charge in [-0.25, -0.2) is 0 Å². The van der Waals surface area contributed by atoms with E-state index in [1.165, 1.54) is 0 Å². The number of pyridine rings is 1. The Hall–Kier alpha value is -1.79. The van der Waals surface area contributed by atoms with Crippen LogP contribution in [-0.2, 0) is 0 Å². The van der Waals surface area contributed by atoms with E-state index in [0.717, 1.165) is 11.1 Å². The van der Waals surface area contributed by atoms with E-state index in [1.807, 2.05) is 13.0 Å². The fraction of sp³-hybridized carbons (Fsp3) is 0.364. The number of nitrogens with zero attached hydrogens (tertiary/aromatic N) is 3. The third kappa shape index (κ3) is 2.32. The third-order valence-electron chi connectivity index (χ3n) is 2.53. The minimum Gasteiger partial charge on any atom is -0.391 e. The van der Waals surface area contributed by atoms with Crippen molar-refractivity contribution in [2.24, 2.45) is 5.73 Å². The van der Waals surface area contributed by atoms with Crippen molar-refractivity contribution in [3.05, 3.63) is 29.9 Å². The molecule has 0 aliphatic heterocycles. The SMILES string of the molecule is Cc1ccncc1-c1noc([C@@H](N)[C@@H](C)O)n1. The average Bonchev–Trinajstić information content (AvgIpc) is 2.77. The standard InChI is InChI=1S/C11H14N4O2/c1-6-3-4-13-5-8(6)10-14-11(17-15-10)9(12)7(2)16/h3-5,7,9,16H,12H2,1-2H3/t7-,9+/m1/s1. The minimum absolute atomic E-state index is 0.221. The van der Waals surface area contributed by atoms with Gasteiger partial charge >= 0.3 is 0 Å². The van der Waals surface area contributed by atoms with Gasteiger partial charge in [0.25, 0.3) is 0 Å². The smallest absolute Gasteiger partial charge is 0.246 e. The predicted molar refractivity (Wildman–Crippen MR) is 60.9 cm³/mol. The minimum atomic E-state index is -0.738. The summed E-state index contributed by atoms with van der Waals surface area (Å²) < 4.78 is 5.02. The second kappa shape index (κ2) is 4.60. The van der Waals surface area contributed by atoms with Crippen LogP contribution in [0.25, 0.3) is 11.4 Å². The zero-order valence-corrected chi connectivity index (χ0v) is 9.66. The van der Waals surface area contributed by atoms with E-state index >= 15 is 0 Å². The highest BCUT2D eigenvalue weighted by Gasteiger charge is 2.20. The summed E-state index contributed by atoms with van der Waals surface area (Å²) in [5, 5.41) is 13.2. The Morgan fingerprint density at radius 3 is 2.88 bits per heavy atom. The molecule has 3 N–H and O–H groups in total. The van der Waals surface area contributed by atoms with Crippen molar-refractivity contribution in [3.63, 3.8) is 0 Å². The Morgan fingerprint density at radius 1 is 1.47 bits per heavy atom. The van der Waals surface area contributed by atoms with E-state index in [-0.39, 0.29) is 5.89 Å². The van der Waals surface area contributed by atoms with Gasteiger partial charge in [0, 0.05) is 18.0 Å². The molecule has 0 aromatic carbocycles. The Balaban J connectivity index is 2.34. The first-order valence-corrected chi connectivity index (χ1v) is 5.28. The summed E-state index contributed by atoms with van der Waals surface area (Å²) in [5.41, 5.74) is 7.50. The van der Waals surface area contributed by atoms with Gasteiger partial charge in [-0.15, -0.1) is 0 Å². The lowest BCUT2D eigenvalue weighted by Crippen LogP contribution is -2.23. The van der Waals surface area contributed by atoms with E-state index in [0.29, 0.717) is 5.82 Å². The fourth-order valence-corrected chi connectivity index (χ4v) is 1.38. The molecule has 2 rings (SSSR count). The molecular weight excluding hydrogens is 220 g/mol. The third-order valence-corrected chi connectivity index (χ3v) is 2.53. The molecule has 6 nitrogen and oxygen atoms in total. The number of aliphatic hydroxyl groups is 1. The van der Waals surface area contributed by atoms with Crippen LogP contribution in [0.1, 0.15) is 24.4 Å². The molecule has 0 fully saturated rings. The van der Waals surface area contributed by atoms with E-state index in [4.69, 9.17) is 10.3 Å². The molecule has 2 aromatic rings. The molecule has 6 heteroatoms. The largest absolute Gasteiger partial charge is 0.391 e. The Morgan fingerprint density at radius 2 is 2.24 bits per heavy atom. The summed E-state index contributed by atoms with van der Waals surface area (Å²) in [5.74, 6) is 0.653. The summed E-state index contributed by atoms with van der Waals surface area (Å²) in [4.78, 5) is 8.17. The molecule has 0 aliphatic rings. The summed E-state index contributed by atoms with van der Waals surface area (Å²) in [6, 6.07) is 1.19. The van der Waals surface area contributed by atoms with Gasteiger partial charge < -0.3 is 15.4 Å². The Kier molecular flexibility index (Phi) is 3.16. The van der Waals surface area contributed by atoms with Gasteiger partial charge in [0.2, 0.25) is 11.7 Å². The number of aliphatic hydroxyl groups excluding tert-OH is 1. The molecule has 0 bridgehead atoms. The zero-order valence-electron chi connectivity index (χ0n) is 9.66. The van der Waals surface area contributed by atoms with E-state index in [9.17, 15) is 5.11 Å². The van der Waals surface area contributed by atoms with Crippen LogP contribution in [-0.4, -0.2) is 26.3 Å². The molecule has 2 heterocycles. The predicted octanol–water partition coefficient (Wildman–Crippen LogP) is 0.821. The van der Waals surface area contributed by atoms with Crippen molar-refractivity contribution in [2.45, 2.75) is 26.0 Å². The maximum absolute atomic E-state index is 9.34.